The van der Waals surface area contributed by atoms with E-state index < -0.39 is 5.97 Å². The molecular weight excluding hydrogens is 206 g/mol. The molecule has 0 amide bonds. The number of carboxylic acid groups (broad SMARTS) is 1. The van der Waals surface area contributed by atoms with E-state index in [9.17, 15) is 4.79 Å². The maximum absolute atomic E-state index is 10.8. The number of hydrogen-bond acceptors (Lipinski definition) is 3. The molecule has 1 unspecified atom stereocenters. The minimum Gasteiger partial charge on any atom is -0.481 e. The van der Waals surface area contributed by atoms with Crippen molar-refractivity contribution in [2.45, 2.75) is 25.9 Å². The second-order valence-electron chi connectivity index (χ2n) is 4.17. The molecule has 1 N–H and O–H groups in total. The smallest absolute Gasteiger partial charge is 0.308 e. The van der Waals surface area contributed by atoms with Crippen molar-refractivity contribution < 1.29 is 14.6 Å². The molecular formula is C12H15NO3. The summed E-state index contributed by atoms with van der Waals surface area (Å²) in [7, 11) is 0. The summed E-state index contributed by atoms with van der Waals surface area (Å²) in [6.45, 7) is 2.24. The molecule has 0 bridgehead atoms. The number of nitrogens with zero attached hydrogens (tertiary/aromatic N) is 1. The van der Waals surface area contributed by atoms with E-state index in [-0.39, 0.29) is 12.0 Å². The minimum atomic E-state index is -0.760. The van der Waals surface area contributed by atoms with Crippen molar-refractivity contribution >= 4 is 5.97 Å². The molecule has 1 saturated heterocycles. The molecule has 0 aliphatic carbocycles. The predicted molar refractivity (Wildman–Crippen MR) is 58.0 cm³/mol. The highest BCUT2D eigenvalue weighted by Gasteiger charge is 2.27. The van der Waals surface area contributed by atoms with Crippen LogP contribution < -0.4 is 0 Å². The van der Waals surface area contributed by atoms with Gasteiger partial charge < -0.3 is 9.84 Å². The van der Waals surface area contributed by atoms with Crippen molar-refractivity contribution in [1.29, 1.82) is 0 Å². The number of aromatic nitrogens is 1. The van der Waals surface area contributed by atoms with Gasteiger partial charge in [-0.05, 0) is 37.5 Å². The average molecular weight is 221 g/mol. The van der Waals surface area contributed by atoms with Crippen molar-refractivity contribution in [2.75, 3.05) is 6.61 Å². The van der Waals surface area contributed by atoms with Gasteiger partial charge in [0.2, 0.25) is 0 Å². The predicted octanol–water partition coefficient (Wildman–Crippen LogP) is 1.94. The summed E-state index contributed by atoms with van der Waals surface area (Å²) in [5.41, 5.74) is 2.05. The number of pyridine rings is 1. The molecule has 0 saturated carbocycles. The second kappa shape index (κ2) is 4.61. The lowest BCUT2D eigenvalue weighted by Gasteiger charge is -2.27. The highest BCUT2D eigenvalue weighted by Crippen LogP contribution is 2.30. The molecule has 1 aliphatic rings. The highest BCUT2D eigenvalue weighted by molar-refractivity contribution is 5.70. The van der Waals surface area contributed by atoms with Crippen LogP contribution in [0.1, 0.15) is 30.2 Å². The van der Waals surface area contributed by atoms with Gasteiger partial charge in [-0.15, -0.1) is 0 Å². The van der Waals surface area contributed by atoms with Crippen LogP contribution in [0.3, 0.4) is 0 Å². The van der Waals surface area contributed by atoms with Gasteiger partial charge in [-0.1, -0.05) is 0 Å². The minimum absolute atomic E-state index is 0.0253. The molecule has 2 heterocycles. The third kappa shape index (κ3) is 2.39. The molecule has 1 aromatic heterocycles. The molecule has 16 heavy (non-hydrogen) atoms. The molecule has 1 aromatic rings. The van der Waals surface area contributed by atoms with Crippen LogP contribution in [0.5, 0.6) is 0 Å². The number of aliphatic carboxylic acids is 1. The Morgan fingerprint density at radius 3 is 2.94 bits per heavy atom. The molecule has 1 aliphatic heterocycles. The third-order valence-electron chi connectivity index (χ3n) is 2.92. The Hall–Kier alpha value is -1.42. The zero-order valence-electron chi connectivity index (χ0n) is 9.22. The van der Waals surface area contributed by atoms with Gasteiger partial charge in [0.15, 0.2) is 0 Å². The van der Waals surface area contributed by atoms with E-state index in [2.05, 4.69) is 4.98 Å². The van der Waals surface area contributed by atoms with E-state index in [1.165, 1.54) is 0 Å². The van der Waals surface area contributed by atoms with Gasteiger partial charge in [-0.3, -0.25) is 9.78 Å². The van der Waals surface area contributed by atoms with Crippen LogP contribution in [-0.4, -0.2) is 22.7 Å². The monoisotopic (exact) mass is 221 g/mol. The molecule has 0 spiro atoms. The van der Waals surface area contributed by atoms with Gasteiger partial charge in [0.1, 0.15) is 0 Å². The first-order valence-electron chi connectivity index (χ1n) is 5.44. The summed E-state index contributed by atoms with van der Waals surface area (Å²) in [5.74, 6) is -1.11. The Labute approximate surface area is 94.3 Å². The molecule has 86 valence electrons. The summed E-state index contributed by atoms with van der Waals surface area (Å²) in [6.07, 6.45) is 3.23. The maximum Gasteiger partial charge on any atom is 0.308 e. The van der Waals surface area contributed by atoms with Gasteiger partial charge >= 0.3 is 5.97 Å². The number of hydrogen-bond donors (Lipinski definition) is 1. The fraction of sp³-hybridized carbons (Fsp3) is 0.500. The van der Waals surface area contributed by atoms with Crippen LogP contribution in [0.4, 0.5) is 0 Å². The van der Waals surface area contributed by atoms with Crippen molar-refractivity contribution in [3.05, 3.63) is 29.6 Å². The Morgan fingerprint density at radius 2 is 2.38 bits per heavy atom. The number of carboxylic acids is 1. The standard InChI is InChI=1S/C12H15NO3/c1-8-6-9(4-5-13-8)11-3-2-10(7-16-11)12(14)15/h4-6,10-11H,2-3,7H2,1H3,(H,14,15)/t10?,11-/m0/s1. The van der Waals surface area contributed by atoms with Crippen LogP contribution in [0.25, 0.3) is 0 Å². The highest BCUT2D eigenvalue weighted by atomic mass is 16.5. The summed E-state index contributed by atoms with van der Waals surface area (Å²) in [4.78, 5) is 14.9. The molecule has 4 heteroatoms. The van der Waals surface area contributed by atoms with Gasteiger partial charge in [0, 0.05) is 11.9 Å². The lowest BCUT2D eigenvalue weighted by atomic mass is 9.95. The summed E-state index contributed by atoms with van der Waals surface area (Å²) in [5, 5.41) is 8.85. The molecule has 0 radical (unpaired) electrons. The van der Waals surface area contributed by atoms with E-state index in [1.807, 2.05) is 19.1 Å². The van der Waals surface area contributed by atoms with Gasteiger partial charge in [0.25, 0.3) is 0 Å². The number of aryl methyl sites for hydroxylation is 1. The van der Waals surface area contributed by atoms with Crippen molar-refractivity contribution in [1.82, 2.24) is 4.98 Å². The van der Waals surface area contributed by atoms with E-state index >= 15 is 0 Å². The fourth-order valence-corrected chi connectivity index (χ4v) is 1.98. The SMILES string of the molecule is Cc1cc([C@@H]2CCC(C(=O)O)CO2)ccn1. The molecule has 1 fully saturated rings. The van der Waals surface area contributed by atoms with Crippen LogP contribution in [0.2, 0.25) is 0 Å². The largest absolute Gasteiger partial charge is 0.481 e. The zero-order chi connectivity index (χ0) is 11.5. The summed E-state index contributed by atoms with van der Waals surface area (Å²) >= 11 is 0. The number of carbonyl (C=O) groups is 1. The van der Waals surface area contributed by atoms with E-state index in [0.717, 1.165) is 17.7 Å². The van der Waals surface area contributed by atoms with Crippen molar-refractivity contribution in [3.8, 4) is 0 Å². The van der Waals surface area contributed by atoms with Crippen LogP contribution in [0.15, 0.2) is 18.3 Å². The van der Waals surface area contributed by atoms with Crippen molar-refractivity contribution in [3.63, 3.8) is 0 Å². The molecule has 2 rings (SSSR count). The molecule has 2 atom stereocenters. The topological polar surface area (TPSA) is 59.4 Å². The number of ether oxygens (including phenoxy) is 1. The second-order valence-corrected chi connectivity index (χ2v) is 4.17. The van der Waals surface area contributed by atoms with Crippen LogP contribution in [-0.2, 0) is 9.53 Å². The van der Waals surface area contributed by atoms with E-state index in [4.69, 9.17) is 9.84 Å². The lowest BCUT2D eigenvalue weighted by molar-refractivity contribution is -0.148. The maximum atomic E-state index is 10.8. The van der Waals surface area contributed by atoms with Gasteiger partial charge in [0.05, 0.1) is 18.6 Å². The first-order valence-corrected chi connectivity index (χ1v) is 5.44. The third-order valence-corrected chi connectivity index (χ3v) is 2.92. The van der Waals surface area contributed by atoms with Crippen LogP contribution >= 0.6 is 0 Å². The first-order chi connectivity index (χ1) is 7.66. The van der Waals surface area contributed by atoms with E-state index in [0.29, 0.717) is 13.0 Å². The van der Waals surface area contributed by atoms with Crippen molar-refractivity contribution in [2.24, 2.45) is 5.92 Å². The normalized spacial score (nSPS) is 25.3. The zero-order valence-corrected chi connectivity index (χ0v) is 9.22. The molecule has 0 aromatic carbocycles. The lowest BCUT2D eigenvalue weighted by Crippen LogP contribution is -2.26. The Morgan fingerprint density at radius 1 is 1.56 bits per heavy atom. The average Bonchev–Trinajstić information content (AvgIpc) is 2.29. The van der Waals surface area contributed by atoms with Gasteiger partial charge in [-0.25, -0.2) is 0 Å². The van der Waals surface area contributed by atoms with Gasteiger partial charge in [-0.2, -0.15) is 0 Å². The Bertz CT molecular complexity index is 384. The molecule has 4 nitrogen and oxygen atoms in total. The number of rotatable bonds is 2. The Kier molecular flexibility index (Phi) is 3.19. The summed E-state index contributed by atoms with van der Waals surface area (Å²) < 4.78 is 5.58. The fourth-order valence-electron chi connectivity index (χ4n) is 1.98. The van der Waals surface area contributed by atoms with Crippen LogP contribution in [0, 0.1) is 12.8 Å². The van der Waals surface area contributed by atoms with E-state index in [1.54, 1.807) is 6.20 Å². The quantitative estimate of drug-likeness (QED) is 0.829. The first kappa shape index (κ1) is 11.1. The summed E-state index contributed by atoms with van der Waals surface area (Å²) in [6, 6.07) is 3.92. The Balaban J connectivity index is 2.01.